The number of hydrogen-bond donors (Lipinski definition) is 0. The van der Waals surface area contributed by atoms with Crippen LogP contribution in [0.2, 0.25) is 0 Å². The molecule has 2 atom stereocenters. The number of thioether (sulfide) groups is 1. The van der Waals surface area contributed by atoms with E-state index in [-0.39, 0.29) is 28.7 Å². The van der Waals surface area contributed by atoms with Gasteiger partial charge in [-0.3, -0.25) is 0 Å². The van der Waals surface area contributed by atoms with Gasteiger partial charge in [-0.05, 0) is 55.7 Å². The minimum Gasteiger partial charge on any atom is -0.491 e. The fraction of sp³-hybridized carbons (Fsp3) is 0.640. The Morgan fingerprint density at radius 2 is 1.87 bits per heavy atom. The maximum atomic E-state index is 12.2. The zero-order chi connectivity index (χ0) is 23.4. The summed E-state index contributed by atoms with van der Waals surface area (Å²) in [5, 5.41) is 3.54. The third-order valence-electron chi connectivity index (χ3n) is 6.66. The molecule has 2 unspecified atom stereocenters. The molecule has 1 aliphatic rings. The van der Waals surface area contributed by atoms with E-state index in [1.165, 1.54) is 12.7 Å². The Morgan fingerprint density at radius 3 is 2.35 bits per heavy atom. The Kier molecular flexibility index (Phi) is 8.37. The highest BCUT2D eigenvalue weighted by Crippen LogP contribution is 2.51. The van der Waals surface area contributed by atoms with E-state index in [0.29, 0.717) is 0 Å². The van der Waals surface area contributed by atoms with E-state index in [0.717, 1.165) is 41.1 Å². The Labute approximate surface area is 191 Å². The van der Waals surface area contributed by atoms with E-state index in [9.17, 15) is 9.70 Å². The van der Waals surface area contributed by atoms with Gasteiger partial charge in [-0.1, -0.05) is 57.5 Å². The number of hydrogen-bond acceptors (Lipinski definition) is 6. The van der Waals surface area contributed by atoms with E-state index in [1.54, 1.807) is 11.8 Å². The lowest BCUT2D eigenvalue weighted by atomic mass is 9.71. The number of carbonyl (C=O) groups excluding carboxylic acids is 1. The molecular weight excluding hydrogens is 410 g/mol. The lowest BCUT2D eigenvalue weighted by molar-refractivity contribution is -0.135. The third-order valence-corrected chi connectivity index (χ3v) is 8.31. The zero-order valence-corrected chi connectivity index (χ0v) is 21.0. The molecule has 172 valence electrons. The molecule has 0 aromatic heterocycles. The molecule has 0 fully saturated rings. The first-order chi connectivity index (χ1) is 14.5. The van der Waals surface area contributed by atoms with Crippen molar-refractivity contribution in [1.29, 1.82) is 0 Å². The van der Waals surface area contributed by atoms with E-state index < -0.39 is 6.04 Å². The molecule has 0 radical (unpaired) electrons. The van der Waals surface area contributed by atoms with Crippen LogP contribution in [0, 0.1) is 17.2 Å². The quantitative estimate of drug-likeness (QED) is 0.316. The first-order valence-corrected chi connectivity index (χ1v) is 11.9. The van der Waals surface area contributed by atoms with Crippen molar-refractivity contribution in [3.63, 3.8) is 0 Å². The maximum Gasteiger partial charge on any atom is 0.344 e. The molecule has 1 aromatic carbocycles. The van der Waals surface area contributed by atoms with Crippen molar-refractivity contribution in [3.8, 4) is 5.75 Å². The predicted molar refractivity (Wildman–Crippen MR) is 129 cm³/mol. The number of methoxy groups -OCH3 is 1. The first kappa shape index (κ1) is 25.4. The van der Waals surface area contributed by atoms with Gasteiger partial charge in [0.25, 0.3) is 0 Å². The van der Waals surface area contributed by atoms with Crippen LogP contribution in [0.3, 0.4) is 0 Å². The lowest BCUT2D eigenvalue weighted by Crippen LogP contribution is -2.36. The number of esters is 1. The largest absolute Gasteiger partial charge is 0.491 e. The Balaban J connectivity index is 2.28. The summed E-state index contributed by atoms with van der Waals surface area (Å²) >= 11 is 1.66. The van der Waals surface area contributed by atoms with Crippen LogP contribution >= 0.6 is 11.8 Å². The van der Waals surface area contributed by atoms with Crippen LogP contribution in [0.5, 0.6) is 5.75 Å². The van der Waals surface area contributed by atoms with Gasteiger partial charge in [0.2, 0.25) is 0 Å². The predicted octanol–water partition coefficient (Wildman–Crippen LogP) is 6.57. The van der Waals surface area contributed by atoms with Crippen molar-refractivity contribution in [3.05, 3.63) is 44.7 Å². The number of ether oxygens (including phenoxy) is 2. The van der Waals surface area contributed by atoms with Gasteiger partial charge in [0, 0.05) is 10.7 Å². The second-order valence-electron chi connectivity index (χ2n) is 9.55. The fourth-order valence-electron chi connectivity index (χ4n) is 4.31. The smallest absolute Gasteiger partial charge is 0.344 e. The van der Waals surface area contributed by atoms with Crippen molar-refractivity contribution in [1.82, 2.24) is 0 Å². The fourth-order valence-corrected chi connectivity index (χ4v) is 6.08. The summed E-state index contributed by atoms with van der Waals surface area (Å²) in [4.78, 5) is 24.2. The summed E-state index contributed by atoms with van der Waals surface area (Å²) in [6, 6.07) is 5.95. The van der Waals surface area contributed by atoms with Crippen LogP contribution in [0.15, 0.2) is 33.9 Å². The summed E-state index contributed by atoms with van der Waals surface area (Å²) in [5.74, 6) is 0.551. The van der Waals surface area contributed by atoms with Crippen LogP contribution in [-0.4, -0.2) is 31.0 Å². The minimum atomic E-state index is -0.405. The van der Waals surface area contributed by atoms with Gasteiger partial charge >= 0.3 is 5.97 Å². The molecule has 0 saturated heterocycles. The van der Waals surface area contributed by atoms with Gasteiger partial charge in [-0.2, -0.15) is 4.91 Å². The normalized spacial score (nSPS) is 18.1. The molecule has 0 aliphatic carbocycles. The second kappa shape index (κ2) is 10.2. The molecule has 6 heteroatoms. The highest BCUT2D eigenvalue weighted by Gasteiger charge is 2.43. The van der Waals surface area contributed by atoms with Gasteiger partial charge < -0.3 is 9.47 Å². The van der Waals surface area contributed by atoms with Gasteiger partial charge in [0.05, 0.1) is 12.0 Å². The van der Waals surface area contributed by atoms with Crippen molar-refractivity contribution >= 4 is 17.7 Å². The van der Waals surface area contributed by atoms with E-state index in [1.807, 2.05) is 40.7 Å². The third kappa shape index (κ3) is 5.33. The summed E-state index contributed by atoms with van der Waals surface area (Å²) in [6.07, 6.45) is 2.83. The van der Waals surface area contributed by atoms with Gasteiger partial charge in [0.15, 0.2) is 0 Å². The van der Waals surface area contributed by atoms with Crippen LogP contribution in [0.4, 0.5) is 0 Å². The minimum absolute atomic E-state index is 0.0523. The number of aryl methyl sites for hydroxylation is 1. The highest BCUT2D eigenvalue weighted by atomic mass is 32.2. The van der Waals surface area contributed by atoms with Gasteiger partial charge in [-0.15, -0.1) is 11.8 Å². The Bertz CT molecular complexity index is 836. The Hall–Kier alpha value is -1.82. The van der Waals surface area contributed by atoms with Crippen molar-refractivity contribution in [2.45, 2.75) is 84.4 Å². The van der Waals surface area contributed by atoms with E-state index in [2.05, 4.69) is 31.2 Å². The average Bonchev–Trinajstić information content (AvgIpc) is 3.11. The van der Waals surface area contributed by atoms with Crippen LogP contribution < -0.4 is 4.74 Å². The molecule has 1 heterocycles. The monoisotopic (exact) mass is 447 g/mol. The molecule has 0 N–H and O–H groups in total. The number of rotatable bonds is 9. The van der Waals surface area contributed by atoms with Crippen molar-refractivity contribution in [2.24, 2.45) is 10.6 Å². The summed E-state index contributed by atoms with van der Waals surface area (Å²) in [6.45, 7) is 14.8. The van der Waals surface area contributed by atoms with Crippen LogP contribution in [-0.2, 0) is 14.9 Å². The molecule has 31 heavy (non-hydrogen) atoms. The maximum absolute atomic E-state index is 12.2. The number of carbonyl (C=O) groups is 1. The molecule has 1 aliphatic heterocycles. The second-order valence-corrected chi connectivity index (χ2v) is 10.8. The number of allylic oxidation sites excluding steroid dienone is 1. The van der Waals surface area contributed by atoms with Gasteiger partial charge in [-0.25, -0.2) is 4.79 Å². The van der Waals surface area contributed by atoms with Crippen LogP contribution in [0.1, 0.15) is 71.9 Å². The molecule has 0 saturated carbocycles. The van der Waals surface area contributed by atoms with Crippen molar-refractivity contribution < 1.29 is 14.3 Å². The average molecular weight is 448 g/mol. The molecule has 2 rings (SSSR count). The standard InChI is InChI=1S/C25H37NO4S/c1-9-25(10-2,21-14-17(4)22(31-21)23(27)29-8)18-11-12-19(16(3)13-18)30-15-20(26-28)24(5,6)7/h11-13,20-21H,9-10,14-15H2,1-8H3. The molecule has 0 spiro atoms. The lowest BCUT2D eigenvalue weighted by Gasteiger charge is -2.38. The van der Waals surface area contributed by atoms with Crippen molar-refractivity contribution in [2.75, 3.05) is 13.7 Å². The molecular formula is C25H37NO4S. The van der Waals surface area contributed by atoms with E-state index >= 15 is 0 Å². The molecule has 1 aromatic rings. The molecule has 5 nitrogen and oxygen atoms in total. The number of nitrogens with zero attached hydrogens (tertiary/aromatic N) is 1. The number of benzene rings is 1. The highest BCUT2D eigenvalue weighted by molar-refractivity contribution is 8.04. The van der Waals surface area contributed by atoms with Crippen LogP contribution in [0.25, 0.3) is 0 Å². The molecule has 0 bridgehead atoms. The summed E-state index contributed by atoms with van der Waals surface area (Å²) in [5.41, 5.74) is 3.13. The zero-order valence-electron chi connectivity index (χ0n) is 20.2. The van der Waals surface area contributed by atoms with E-state index in [4.69, 9.17) is 9.47 Å². The SMILES string of the molecule is CCC(CC)(c1ccc(OCC(N=O)C(C)(C)C)c(C)c1)C1CC(C)=C(C(=O)OC)S1. The summed E-state index contributed by atoms with van der Waals surface area (Å²) < 4.78 is 11.0. The summed E-state index contributed by atoms with van der Waals surface area (Å²) in [7, 11) is 1.44. The first-order valence-electron chi connectivity index (χ1n) is 11.0. The van der Waals surface area contributed by atoms with Gasteiger partial charge in [0.1, 0.15) is 18.4 Å². The number of nitroso groups, excluding NO2 is 1. The Morgan fingerprint density at radius 1 is 1.23 bits per heavy atom. The topological polar surface area (TPSA) is 65.0 Å². The molecule has 0 amide bonds.